The Morgan fingerprint density at radius 2 is 1.91 bits per heavy atom. The van der Waals surface area contributed by atoms with E-state index >= 15 is 0 Å². The van der Waals surface area contributed by atoms with Crippen LogP contribution in [-0.2, 0) is 11.2 Å². The molecule has 0 aromatic heterocycles. The Balaban J connectivity index is 1.94. The van der Waals surface area contributed by atoms with E-state index in [2.05, 4.69) is 0 Å². The Bertz CT molecular complexity index is 944. The Labute approximate surface area is 199 Å². The van der Waals surface area contributed by atoms with E-state index < -0.39 is 11.9 Å². The van der Waals surface area contributed by atoms with Gasteiger partial charge in [-0.3, -0.25) is 9.59 Å². The number of benzene rings is 2. The van der Waals surface area contributed by atoms with Crippen molar-refractivity contribution in [2.75, 3.05) is 12.4 Å². The van der Waals surface area contributed by atoms with Gasteiger partial charge in [0, 0.05) is 22.6 Å². The highest BCUT2D eigenvalue weighted by Gasteiger charge is 2.18. The summed E-state index contributed by atoms with van der Waals surface area (Å²) in [6.45, 7) is 6.06. The third kappa shape index (κ3) is 6.91. The topological polar surface area (TPSA) is 83.8 Å². The molecule has 7 heteroatoms. The summed E-state index contributed by atoms with van der Waals surface area (Å²) in [7, 11) is 0. The maximum atomic E-state index is 12.2. The van der Waals surface area contributed by atoms with Crippen molar-refractivity contribution in [1.82, 2.24) is 0 Å². The SMILES string of the molecule is CCCC(=O)c1ccc(OCCCSc2ccc(C(C)C(=O)O)cc2Cl)c(CCC)c1O. The van der Waals surface area contributed by atoms with Crippen LogP contribution >= 0.6 is 23.4 Å². The minimum atomic E-state index is -0.880. The summed E-state index contributed by atoms with van der Waals surface area (Å²) in [6.07, 6.45) is 3.38. The number of carboxylic acids is 1. The van der Waals surface area contributed by atoms with E-state index in [-0.39, 0.29) is 11.5 Å². The Kier molecular flexibility index (Phi) is 10.4. The second-order valence-electron chi connectivity index (χ2n) is 7.66. The maximum Gasteiger partial charge on any atom is 0.310 e. The van der Waals surface area contributed by atoms with Crippen molar-refractivity contribution in [3.63, 3.8) is 0 Å². The number of carbonyl (C=O) groups excluding carboxylic acids is 1. The molecule has 0 aliphatic heterocycles. The Hall–Kier alpha value is -2.18. The van der Waals surface area contributed by atoms with Gasteiger partial charge in [0.05, 0.1) is 23.1 Å². The molecule has 0 saturated carbocycles. The van der Waals surface area contributed by atoms with Crippen molar-refractivity contribution >= 4 is 35.1 Å². The number of phenols is 1. The molecule has 0 bridgehead atoms. The van der Waals surface area contributed by atoms with Crippen molar-refractivity contribution in [1.29, 1.82) is 0 Å². The van der Waals surface area contributed by atoms with E-state index in [0.717, 1.165) is 29.9 Å². The van der Waals surface area contributed by atoms with Gasteiger partial charge in [0.2, 0.25) is 0 Å². The number of carboxylic acid groups (broad SMARTS) is 1. The molecule has 1 atom stereocenters. The second kappa shape index (κ2) is 12.8. The average molecular weight is 479 g/mol. The molecule has 0 spiro atoms. The van der Waals surface area contributed by atoms with Crippen LogP contribution in [0.2, 0.25) is 5.02 Å². The van der Waals surface area contributed by atoms with E-state index in [0.29, 0.717) is 46.9 Å². The number of thioether (sulfide) groups is 1. The summed E-state index contributed by atoms with van der Waals surface area (Å²) in [5.41, 5.74) is 1.74. The number of hydrogen-bond acceptors (Lipinski definition) is 5. The molecule has 0 aliphatic carbocycles. The summed E-state index contributed by atoms with van der Waals surface area (Å²) in [6, 6.07) is 8.78. The van der Waals surface area contributed by atoms with Gasteiger partial charge in [-0.25, -0.2) is 0 Å². The van der Waals surface area contributed by atoms with Crippen LogP contribution in [0.4, 0.5) is 0 Å². The van der Waals surface area contributed by atoms with Gasteiger partial charge in [0.15, 0.2) is 5.78 Å². The standard InChI is InChI=1S/C25H31ClO5S/c1-4-7-19-22(11-10-18(24(19)28)21(27)8-5-2)31-13-6-14-32-23-12-9-17(15-20(23)26)16(3)25(29)30/h9-12,15-16,28H,4-8,13-14H2,1-3H3,(H,29,30). The third-order valence-corrected chi connectivity index (χ3v) is 6.73. The molecule has 0 amide bonds. The van der Waals surface area contributed by atoms with Gasteiger partial charge in [-0.05, 0) is 56.0 Å². The summed E-state index contributed by atoms with van der Waals surface area (Å²) in [4.78, 5) is 24.3. The number of hydrogen-bond donors (Lipinski definition) is 2. The molecule has 0 aliphatic rings. The molecule has 0 radical (unpaired) electrons. The van der Waals surface area contributed by atoms with Crippen LogP contribution in [0.5, 0.6) is 11.5 Å². The number of phenolic OH excluding ortho intramolecular Hbond substituents is 1. The highest BCUT2D eigenvalue weighted by Crippen LogP contribution is 2.34. The zero-order valence-corrected chi connectivity index (χ0v) is 20.4. The van der Waals surface area contributed by atoms with Gasteiger partial charge in [-0.1, -0.05) is 37.9 Å². The van der Waals surface area contributed by atoms with Crippen LogP contribution in [0.25, 0.3) is 0 Å². The lowest BCUT2D eigenvalue weighted by Crippen LogP contribution is -2.07. The quantitative estimate of drug-likeness (QED) is 0.188. The molecule has 5 nitrogen and oxygen atoms in total. The molecule has 2 N–H and O–H groups in total. The molecular weight excluding hydrogens is 448 g/mol. The number of halogens is 1. The van der Waals surface area contributed by atoms with E-state index in [1.165, 1.54) is 0 Å². The van der Waals surface area contributed by atoms with Gasteiger partial charge in [0.1, 0.15) is 11.5 Å². The largest absolute Gasteiger partial charge is 0.507 e. The maximum absolute atomic E-state index is 12.2. The number of Topliss-reactive ketones (excluding diaryl/α,β-unsaturated/α-hetero) is 1. The van der Waals surface area contributed by atoms with Gasteiger partial charge < -0.3 is 14.9 Å². The first-order chi connectivity index (χ1) is 15.3. The number of carbonyl (C=O) groups is 2. The van der Waals surface area contributed by atoms with Crippen LogP contribution in [-0.4, -0.2) is 34.3 Å². The first-order valence-electron chi connectivity index (χ1n) is 11.0. The Morgan fingerprint density at radius 3 is 2.53 bits per heavy atom. The molecule has 2 aromatic carbocycles. The van der Waals surface area contributed by atoms with Crippen molar-refractivity contribution in [3.05, 3.63) is 52.0 Å². The zero-order valence-electron chi connectivity index (χ0n) is 18.8. The first kappa shape index (κ1) is 26.1. The first-order valence-corrected chi connectivity index (χ1v) is 12.3. The molecule has 32 heavy (non-hydrogen) atoms. The number of ketones is 1. The van der Waals surface area contributed by atoms with Crippen LogP contribution in [0.3, 0.4) is 0 Å². The minimum absolute atomic E-state index is 0.0413. The summed E-state index contributed by atoms with van der Waals surface area (Å²) in [5.74, 6) is -0.0966. The summed E-state index contributed by atoms with van der Waals surface area (Å²) < 4.78 is 5.93. The molecule has 0 heterocycles. The lowest BCUT2D eigenvalue weighted by Gasteiger charge is -2.15. The Morgan fingerprint density at radius 1 is 1.16 bits per heavy atom. The average Bonchev–Trinajstić information content (AvgIpc) is 2.76. The highest BCUT2D eigenvalue weighted by molar-refractivity contribution is 7.99. The molecule has 0 fully saturated rings. The van der Waals surface area contributed by atoms with Crippen LogP contribution in [0.1, 0.15) is 73.9 Å². The van der Waals surface area contributed by atoms with E-state index in [4.69, 9.17) is 21.4 Å². The predicted octanol–water partition coefficient (Wildman–Crippen LogP) is 6.73. The number of aliphatic carboxylic acids is 1. The number of rotatable bonds is 13. The fourth-order valence-electron chi connectivity index (χ4n) is 3.30. The number of aromatic hydroxyl groups is 1. The van der Waals surface area contributed by atoms with Gasteiger partial charge in [0.25, 0.3) is 0 Å². The second-order valence-corrected chi connectivity index (χ2v) is 9.21. The molecular formula is C25H31ClO5S. The third-order valence-electron chi connectivity index (χ3n) is 5.15. The van der Waals surface area contributed by atoms with E-state index in [9.17, 15) is 14.7 Å². The molecule has 2 aromatic rings. The fraction of sp³-hybridized carbons (Fsp3) is 0.440. The molecule has 2 rings (SSSR count). The lowest BCUT2D eigenvalue weighted by atomic mass is 9.99. The smallest absolute Gasteiger partial charge is 0.310 e. The van der Waals surface area contributed by atoms with E-state index in [1.807, 2.05) is 19.9 Å². The normalized spacial score (nSPS) is 11.9. The van der Waals surface area contributed by atoms with Gasteiger partial charge >= 0.3 is 5.97 Å². The molecule has 0 saturated heterocycles. The monoisotopic (exact) mass is 478 g/mol. The summed E-state index contributed by atoms with van der Waals surface area (Å²) >= 11 is 7.91. The van der Waals surface area contributed by atoms with Crippen LogP contribution < -0.4 is 4.74 Å². The minimum Gasteiger partial charge on any atom is -0.507 e. The van der Waals surface area contributed by atoms with E-state index in [1.54, 1.807) is 43.0 Å². The fourth-order valence-corrected chi connectivity index (χ4v) is 4.50. The van der Waals surface area contributed by atoms with Crippen LogP contribution in [0, 0.1) is 0 Å². The lowest BCUT2D eigenvalue weighted by molar-refractivity contribution is -0.138. The zero-order chi connectivity index (χ0) is 23.7. The van der Waals surface area contributed by atoms with Gasteiger partial charge in [-0.2, -0.15) is 0 Å². The number of ether oxygens (including phenoxy) is 1. The van der Waals surface area contributed by atoms with Crippen molar-refractivity contribution in [2.24, 2.45) is 0 Å². The molecule has 1 unspecified atom stereocenters. The summed E-state index contributed by atoms with van der Waals surface area (Å²) in [5, 5.41) is 20.3. The van der Waals surface area contributed by atoms with Gasteiger partial charge in [-0.15, -0.1) is 11.8 Å². The van der Waals surface area contributed by atoms with Crippen molar-refractivity contribution in [2.45, 2.75) is 63.7 Å². The van der Waals surface area contributed by atoms with Crippen LogP contribution in [0.15, 0.2) is 35.2 Å². The highest BCUT2D eigenvalue weighted by atomic mass is 35.5. The predicted molar refractivity (Wildman–Crippen MR) is 130 cm³/mol. The molecule has 174 valence electrons. The van der Waals surface area contributed by atoms with Crippen molar-refractivity contribution in [3.8, 4) is 11.5 Å². The van der Waals surface area contributed by atoms with Crippen molar-refractivity contribution < 1.29 is 24.5 Å².